The fourth-order valence-electron chi connectivity index (χ4n) is 1.55. The summed E-state index contributed by atoms with van der Waals surface area (Å²) in [7, 11) is 0. The Labute approximate surface area is 111 Å². The number of nitrogens with one attached hydrogen (secondary N) is 1. The third-order valence-electron chi connectivity index (χ3n) is 2.79. The lowest BCUT2D eigenvalue weighted by atomic mass is 10.4. The number of amides is 1. The summed E-state index contributed by atoms with van der Waals surface area (Å²) in [6, 6.07) is 0.397. The Bertz CT molecular complexity index is 453. The van der Waals surface area contributed by atoms with Crippen LogP contribution in [-0.2, 0) is 11.3 Å². The Balaban J connectivity index is 1.98. The summed E-state index contributed by atoms with van der Waals surface area (Å²) in [5, 5.41) is 11.7. The van der Waals surface area contributed by atoms with E-state index in [1.807, 2.05) is 18.4 Å². The fourth-order valence-corrected chi connectivity index (χ4v) is 2.46. The molecule has 18 heavy (non-hydrogen) atoms. The Morgan fingerprint density at radius 2 is 2.39 bits per heavy atom. The second kappa shape index (κ2) is 5.56. The molecule has 1 aliphatic carbocycles. The number of carbonyl (C=O) groups excluding carboxylic acids is 1. The van der Waals surface area contributed by atoms with E-state index in [1.54, 1.807) is 6.08 Å². The first kappa shape index (κ1) is 13.1. The number of aromatic nitrogens is 3. The molecule has 1 aliphatic rings. The molecule has 1 N–H and O–H groups in total. The highest BCUT2D eigenvalue weighted by Gasteiger charge is 2.26. The molecular formula is C12H18N4OS. The minimum Gasteiger partial charge on any atom is -0.352 e. The summed E-state index contributed by atoms with van der Waals surface area (Å²) in [5.41, 5.74) is 0. The van der Waals surface area contributed by atoms with Crippen molar-refractivity contribution < 1.29 is 4.79 Å². The fraction of sp³-hybridized carbons (Fsp3) is 0.583. The van der Waals surface area contributed by atoms with Gasteiger partial charge in [-0.1, -0.05) is 17.8 Å². The van der Waals surface area contributed by atoms with Crippen molar-refractivity contribution in [3.63, 3.8) is 0 Å². The Hall–Kier alpha value is -1.30. The van der Waals surface area contributed by atoms with E-state index in [0.29, 0.717) is 12.6 Å². The topological polar surface area (TPSA) is 59.8 Å². The van der Waals surface area contributed by atoms with Crippen molar-refractivity contribution in [2.75, 3.05) is 0 Å². The zero-order valence-corrected chi connectivity index (χ0v) is 11.5. The molecule has 1 atom stereocenters. The van der Waals surface area contributed by atoms with Crippen LogP contribution in [0.1, 0.15) is 25.6 Å². The van der Waals surface area contributed by atoms with Crippen molar-refractivity contribution in [1.29, 1.82) is 0 Å². The number of aryl methyl sites for hydroxylation is 1. The van der Waals surface area contributed by atoms with Gasteiger partial charge in [0.25, 0.3) is 0 Å². The molecule has 1 aromatic heterocycles. The number of thioether (sulfide) groups is 1. The largest absolute Gasteiger partial charge is 0.352 e. The van der Waals surface area contributed by atoms with Crippen molar-refractivity contribution in [1.82, 2.24) is 20.1 Å². The van der Waals surface area contributed by atoms with Gasteiger partial charge >= 0.3 is 0 Å². The molecular weight excluding hydrogens is 248 g/mol. The molecule has 0 aromatic carbocycles. The van der Waals surface area contributed by atoms with Crippen molar-refractivity contribution in [3.05, 3.63) is 18.5 Å². The van der Waals surface area contributed by atoms with Crippen LogP contribution in [0.5, 0.6) is 0 Å². The molecule has 1 saturated carbocycles. The zero-order chi connectivity index (χ0) is 13.1. The quantitative estimate of drug-likeness (QED) is 0.626. The Morgan fingerprint density at radius 3 is 3.00 bits per heavy atom. The molecule has 0 spiro atoms. The summed E-state index contributed by atoms with van der Waals surface area (Å²) in [4.78, 5) is 11.9. The van der Waals surface area contributed by atoms with Crippen molar-refractivity contribution in [3.8, 4) is 0 Å². The average Bonchev–Trinajstić information content (AvgIpc) is 3.09. The lowest BCUT2D eigenvalue weighted by Gasteiger charge is -2.11. The van der Waals surface area contributed by atoms with Crippen LogP contribution in [0.25, 0.3) is 0 Å². The van der Waals surface area contributed by atoms with Crippen LogP contribution in [0, 0.1) is 6.92 Å². The maximum Gasteiger partial charge on any atom is 0.233 e. The number of allylic oxidation sites excluding steroid dienone is 1. The average molecular weight is 266 g/mol. The van der Waals surface area contributed by atoms with E-state index in [0.717, 1.165) is 23.8 Å². The maximum absolute atomic E-state index is 11.9. The van der Waals surface area contributed by atoms with Crippen molar-refractivity contribution in [2.24, 2.45) is 0 Å². The number of rotatable bonds is 6. The van der Waals surface area contributed by atoms with Crippen LogP contribution in [-0.4, -0.2) is 32.0 Å². The van der Waals surface area contributed by atoms with Gasteiger partial charge in [-0.3, -0.25) is 4.79 Å². The lowest BCUT2D eigenvalue weighted by molar-refractivity contribution is -0.120. The molecule has 1 heterocycles. The predicted octanol–water partition coefficient (Wildman–Crippen LogP) is 1.53. The first-order chi connectivity index (χ1) is 8.61. The normalized spacial score (nSPS) is 16.3. The number of hydrogen-bond acceptors (Lipinski definition) is 4. The van der Waals surface area contributed by atoms with Gasteiger partial charge in [-0.2, -0.15) is 0 Å². The van der Waals surface area contributed by atoms with Gasteiger partial charge in [0.2, 0.25) is 5.91 Å². The van der Waals surface area contributed by atoms with Gasteiger partial charge in [0, 0.05) is 12.6 Å². The van der Waals surface area contributed by atoms with E-state index >= 15 is 0 Å². The first-order valence-corrected chi connectivity index (χ1v) is 6.97. The van der Waals surface area contributed by atoms with Gasteiger partial charge < -0.3 is 9.88 Å². The van der Waals surface area contributed by atoms with E-state index in [2.05, 4.69) is 22.1 Å². The third-order valence-corrected chi connectivity index (χ3v) is 3.87. The zero-order valence-electron chi connectivity index (χ0n) is 10.7. The summed E-state index contributed by atoms with van der Waals surface area (Å²) >= 11 is 1.44. The molecule has 2 rings (SSSR count). The van der Waals surface area contributed by atoms with Gasteiger partial charge in [0.15, 0.2) is 5.16 Å². The standard InChI is InChI=1S/C12H18N4OS/c1-4-7-16-9(3)14-15-12(16)18-8(2)11(17)13-10-5-6-10/h4,8,10H,1,5-7H2,2-3H3,(H,13,17). The summed E-state index contributed by atoms with van der Waals surface area (Å²) < 4.78 is 1.96. The highest BCUT2D eigenvalue weighted by Crippen LogP contribution is 2.24. The summed E-state index contributed by atoms with van der Waals surface area (Å²) in [6.07, 6.45) is 4.01. The molecule has 5 nitrogen and oxygen atoms in total. The van der Waals surface area contributed by atoms with Gasteiger partial charge in [-0.05, 0) is 26.7 Å². The van der Waals surface area contributed by atoms with Gasteiger partial charge in [-0.15, -0.1) is 16.8 Å². The van der Waals surface area contributed by atoms with E-state index in [-0.39, 0.29) is 11.2 Å². The maximum atomic E-state index is 11.9. The molecule has 0 radical (unpaired) electrons. The molecule has 6 heteroatoms. The highest BCUT2D eigenvalue weighted by molar-refractivity contribution is 8.00. The van der Waals surface area contributed by atoms with Crippen LogP contribution in [0.2, 0.25) is 0 Å². The van der Waals surface area contributed by atoms with E-state index < -0.39 is 0 Å². The molecule has 0 bridgehead atoms. The van der Waals surface area contributed by atoms with Gasteiger partial charge in [-0.25, -0.2) is 0 Å². The molecule has 98 valence electrons. The van der Waals surface area contributed by atoms with E-state index in [1.165, 1.54) is 11.8 Å². The minimum absolute atomic E-state index is 0.0771. The van der Waals surface area contributed by atoms with Gasteiger partial charge in [0.1, 0.15) is 5.82 Å². The molecule has 1 aromatic rings. The molecule has 1 fully saturated rings. The lowest BCUT2D eigenvalue weighted by Crippen LogP contribution is -2.32. The van der Waals surface area contributed by atoms with Crippen molar-refractivity contribution in [2.45, 2.75) is 49.7 Å². The molecule has 1 unspecified atom stereocenters. The smallest absolute Gasteiger partial charge is 0.233 e. The Kier molecular flexibility index (Phi) is 4.06. The second-order valence-electron chi connectivity index (χ2n) is 4.47. The minimum atomic E-state index is -0.155. The van der Waals surface area contributed by atoms with Crippen LogP contribution in [0.3, 0.4) is 0 Å². The highest BCUT2D eigenvalue weighted by atomic mass is 32.2. The third kappa shape index (κ3) is 3.13. The summed E-state index contributed by atoms with van der Waals surface area (Å²) in [6.45, 7) is 8.17. The van der Waals surface area contributed by atoms with Crippen LogP contribution >= 0.6 is 11.8 Å². The van der Waals surface area contributed by atoms with E-state index in [9.17, 15) is 4.79 Å². The summed E-state index contributed by atoms with van der Waals surface area (Å²) in [5.74, 6) is 0.917. The van der Waals surface area contributed by atoms with E-state index in [4.69, 9.17) is 0 Å². The molecule has 1 amide bonds. The predicted molar refractivity (Wildman–Crippen MR) is 71.4 cm³/mol. The van der Waals surface area contributed by atoms with Crippen LogP contribution in [0.15, 0.2) is 17.8 Å². The monoisotopic (exact) mass is 266 g/mol. The number of carbonyl (C=O) groups is 1. The van der Waals surface area contributed by atoms with Gasteiger partial charge in [0.05, 0.1) is 5.25 Å². The number of nitrogens with zero attached hydrogens (tertiary/aromatic N) is 3. The SMILES string of the molecule is C=CCn1c(C)nnc1SC(C)C(=O)NC1CC1. The Morgan fingerprint density at radius 1 is 1.67 bits per heavy atom. The van der Waals surface area contributed by atoms with Crippen molar-refractivity contribution >= 4 is 17.7 Å². The van der Waals surface area contributed by atoms with Crippen LogP contribution < -0.4 is 5.32 Å². The molecule has 0 saturated heterocycles. The molecule has 0 aliphatic heterocycles. The second-order valence-corrected chi connectivity index (χ2v) is 5.78. The van der Waals surface area contributed by atoms with Crippen LogP contribution in [0.4, 0.5) is 0 Å². The first-order valence-electron chi connectivity index (χ1n) is 6.09. The number of hydrogen-bond donors (Lipinski definition) is 1.